The molecule has 0 saturated carbocycles. The molecule has 0 unspecified atom stereocenters. The van der Waals surface area contributed by atoms with E-state index < -0.39 is 35.0 Å². The van der Waals surface area contributed by atoms with Crippen molar-refractivity contribution in [1.82, 2.24) is 10.6 Å². The maximum Gasteiger partial charge on any atom is 0.408 e. The van der Waals surface area contributed by atoms with Gasteiger partial charge in [-0.25, -0.2) is 9.59 Å². The van der Waals surface area contributed by atoms with Crippen LogP contribution in [0, 0.1) is 16.0 Å². The number of nitrogens with one attached hydrogen (secondary N) is 2. The van der Waals surface area contributed by atoms with Gasteiger partial charge < -0.3 is 20.1 Å². The summed E-state index contributed by atoms with van der Waals surface area (Å²) in [5.74, 6) is -1.35. The summed E-state index contributed by atoms with van der Waals surface area (Å²) in [5.41, 5.74) is 0.878. The number of para-hydroxylation sites is 1. The Bertz CT molecular complexity index is 995. The van der Waals surface area contributed by atoms with Crippen LogP contribution in [0.5, 0.6) is 0 Å². The number of nitro groups is 1. The molecule has 0 aliphatic rings. The van der Waals surface area contributed by atoms with Crippen molar-refractivity contribution >= 4 is 23.7 Å². The molecule has 2 aromatic rings. The first-order chi connectivity index (χ1) is 16.2. The first-order valence-corrected chi connectivity index (χ1v) is 10.8. The van der Waals surface area contributed by atoms with E-state index in [1.165, 1.54) is 18.2 Å². The van der Waals surface area contributed by atoms with Gasteiger partial charge in [0.2, 0.25) is 5.91 Å². The molecule has 2 amide bonds. The number of methoxy groups -OCH3 is 1. The van der Waals surface area contributed by atoms with E-state index in [2.05, 4.69) is 10.6 Å². The Hall–Kier alpha value is -3.95. The molecule has 2 atom stereocenters. The second-order valence-corrected chi connectivity index (χ2v) is 8.06. The van der Waals surface area contributed by atoms with Gasteiger partial charge in [-0.1, -0.05) is 62.4 Å². The number of rotatable bonds is 11. The summed E-state index contributed by atoms with van der Waals surface area (Å²) in [6, 6.07) is 12.8. The number of amides is 2. The Kier molecular flexibility index (Phi) is 10.0. The van der Waals surface area contributed by atoms with Gasteiger partial charge in [-0.2, -0.15) is 0 Å². The van der Waals surface area contributed by atoms with Crippen molar-refractivity contribution in [3.05, 3.63) is 75.8 Å². The third kappa shape index (κ3) is 8.19. The summed E-state index contributed by atoms with van der Waals surface area (Å²) >= 11 is 0. The Morgan fingerprint density at radius 3 is 2.24 bits per heavy atom. The fourth-order valence-electron chi connectivity index (χ4n) is 3.30. The zero-order valence-corrected chi connectivity index (χ0v) is 19.4. The van der Waals surface area contributed by atoms with Crippen LogP contribution in [0.1, 0.15) is 31.4 Å². The first-order valence-electron chi connectivity index (χ1n) is 10.8. The van der Waals surface area contributed by atoms with E-state index in [0.29, 0.717) is 0 Å². The van der Waals surface area contributed by atoms with Gasteiger partial charge in [-0.15, -0.1) is 0 Å². The van der Waals surface area contributed by atoms with Gasteiger partial charge >= 0.3 is 12.1 Å². The number of nitro benzene ring substituents is 1. The highest BCUT2D eigenvalue weighted by Gasteiger charge is 2.30. The second kappa shape index (κ2) is 12.9. The van der Waals surface area contributed by atoms with E-state index in [0.717, 1.165) is 12.7 Å². The SMILES string of the molecule is COC(=O)[C@@H](Cc1ccccc1[N+](=O)[O-])NC(=O)[C@H](CC(C)C)NC(=O)OCc1ccccc1. The van der Waals surface area contributed by atoms with Crippen LogP contribution >= 0.6 is 0 Å². The summed E-state index contributed by atoms with van der Waals surface area (Å²) in [5, 5.41) is 16.4. The van der Waals surface area contributed by atoms with Crippen molar-refractivity contribution in [1.29, 1.82) is 0 Å². The molecule has 0 bridgehead atoms. The summed E-state index contributed by atoms with van der Waals surface area (Å²) in [7, 11) is 1.16. The third-order valence-corrected chi connectivity index (χ3v) is 4.94. The number of nitrogens with zero attached hydrogens (tertiary/aromatic N) is 1. The third-order valence-electron chi connectivity index (χ3n) is 4.94. The topological polar surface area (TPSA) is 137 Å². The van der Waals surface area contributed by atoms with Crippen molar-refractivity contribution in [2.45, 2.75) is 45.4 Å². The normalized spacial score (nSPS) is 12.4. The molecule has 182 valence electrons. The van der Waals surface area contributed by atoms with Crippen molar-refractivity contribution < 1.29 is 28.8 Å². The van der Waals surface area contributed by atoms with E-state index >= 15 is 0 Å². The Morgan fingerprint density at radius 1 is 0.971 bits per heavy atom. The maximum atomic E-state index is 13.0. The van der Waals surface area contributed by atoms with E-state index in [1.807, 2.05) is 32.0 Å². The van der Waals surface area contributed by atoms with E-state index in [4.69, 9.17) is 9.47 Å². The smallest absolute Gasteiger partial charge is 0.408 e. The molecule has 0 spiro atoms. The number of alkyl carbamates (subject to hydrolysis) is 1. The molecule has 2 N–H and O–H groups in total. The molecule has 0 radical (unpaired) electrons. The Labute approximate surface area is 197 Å². The lowest BCUT2D eigenvalue weighted by molar-refractivity contribution is -0.385. The number of ether oxygens (including phenoxy) is 2. The Morgan fingerprint density at radius 2 is 1.62 bits per heavy atom. The maximum absolute atomic E-state index is 13.0. The van der Waals surface area contributed by atoms with Crippen LogP contribution in [-0.2, 0) is 32.1 Å². The number of hydrogen-bond acceptors (Lipinski definition) is 7. The summed E-state index contributed by atoms with van der Waals surface area (Å²) in [6.45, 7) is 3.79. The van der Waals surface area contributed by atoms with Gasteiger partial charge in [0, 0.05) is 18.1 Å². The number of esters is 1. The van der Waals surface area contributed by atoms with E-state index in [-0.39, 0.29) is 36.6 Å². The monoisotopic (exact) mass is 471 g/mol. The van der Waals surface area contributed by atoms with Gasteiger partial charge in [-0.3, -0.25) is 14.9 Å². The van der Waals surface area contributed by atoms with E-state index in [9.17, 15) is 24.5 Å². The number of benzene rings is 2. The van der Waals surface area contributed by atoms with Crippen LogP contribution in [-0.4, -0.2) is 42.1 Å². The van der Waals surface area contributed by atoms with Crippen molar-refractivity contribution in [2.75, 3.05) is 7.11 Å². The fraction of sp³-hybridized carbons (Fsp3) is 0.375. The summed E-state index contributed by atoms with van der Waals surface area (Å²) in [4.78, 5) is 48.4. The molecule has 0 aliphatic carbocycles. The predicted octanol–water partition coefficient (Wildman–Crippen LogP) is 3.14. The standard InChI is InChI=1S/C24H29N3O7/c1-16(2)13-19(26-24(30)34-15-17-9-5-4-6-10-17)22(28)25-20(23(29)33-3)14-18-11-7-8-12-21(18)27(31)32/h4-12,16,19-20H,13-15H2,1-3H3,(H,25,28)(H,26,30)/t19-,20+/m0/s1. The quantitative estimate of drug-likeness (QED) is 0.292. The molecule has 10 heteroatoms. The van der Waals surface area contributed by atoms with Gasteiger partial charge in [0.25, 0.3) is 5.69 Å². The van der Waals surface area contributed by atoms with Gasteiger partial charge in [0.15, 0.2) is 0 Å². The van der Waals surface area contributed by atoms with Crippen LogP contribution in [0.3, 0.4) is 0 Å². The average molecular weight is 472 g/mol. The summed E-state index contributed by atoms with van der Waals surface area (Å²) in [6.07, 6.45) is -0.647. The predicted molar refractivity (Wildman–Crippen MR) is 124 cm³/mol. The van der Waals surface area contributed by atoms with Gasteiger partial charge in [0.1, 0.15) is 18.7 Å². The lowest BCUT2D eigenvalue weighted by Gasteiger charge is -2.23. The molecule has 2 rings (SSSR count). The van der Waals surface area contributed by atoms with Gasteiger partial charge in [0.05, 0.1) is 12.0 Å². The lowest BCUT2D eigenvalue weighted by Crippen LogP contribution is -2.53. The molecular weight excluding hydrogens is 442 g/mol. The molecule has 34 heavy (non-hydrogen) atoms. The minimum atomic E-state index is -1.18. The number of carbonyl (C=O) groups is 3. The van der Waals surface area contributed by atoms with Crippen LogP contribution in [0.2, 0.25) is 0 Å². The minimum Gasteiger partial charge on any atom is -0.467 e. The molecular formula is C24H29N3O7. The van der Waals surface area contributed by atoms with Crippen LogP contribution in [0.4, 0.5) is 10.5 Å². The van der Waals surface area contributed by atoms with Crippen LogP contribution < -0.4 is 10.6 Å². The minimum absolute atomic E-state index is 0.0329. The van der Waals surface area contributed by atoms with Crippen molar-refractivity contribution in [3.8, 4) is 0 Å². The zero-order valence-electron chi connectivity index (χ0n) is 19.4. The Balaban J connectivity index is 2.11. The second-order valence-electron chi connectivity index (χ2n) is 8.06. The molecule has 0 fully saturated rings. The van der Waals surface area contributed by atoms with Crippen LogP contribution in [0.15, 0.2) is 54.6 Å². The van der Waals surface area contributed by atoms with Gasteiger partial charge in [-0.05, 0) is 17.9 Å². The highest BCUT2D eigenvalue weighted by Crippen LogP contribution is 2.20. The highest BCUT2D eigenvalue weighted by molar-refractivity contribution is 5.89. The lowest BCUT2D eigenvalue weighted by atomic mass is 10.0. The number of carbonyl (C=O) groups excluding carboxylic acids is 3. The summed E-state index contributed by atoms with van der Waals surface area (Å²) < 4.78 is 9.98. The van der Waals surface area contributed by atoms with E-state index in [1.54, 1.807) is 18.2 Å². The number of hydrogen-bond donors (Lipinski definition) is 2. The fourth-order valence-corrected chi connectivity index (χ4v) is 3.30. The first kappa shape index (κ1) is 26.3. The van der Waals surface area contributed by atoms with Crippen molar-refractivity contribution in [3.63, 3.8) is 0 Å². The highest BCUT2D eigenvalue weighted by atomic mass is 16.6. The molecule has 2 aromatic carbocycles. The molecule has 10 nitrogen and oxygen atoms in total. The van der Waals surface area contributed by atoms with Crippen LogP contribution in [0.25, 0.3) is 0 Å². The largest absolute Gasteiger partial charge is 0.467 e. The average Bonchev–Trinajstić information content (AvgIpc) is 2.81. The van der Waals surface area contributed by atoms with Crippen molar-refractivity contribution in [2.24, 2.45) is 5.92 Å². The molecule has 0 aromatic heterocycles. The molecule has 0 aliphatic heterocycles. The molecule has 0 heterocycles. The zero-order chi connectivity index (χ0) is 25.1. The molecule has 0 saturated heterocycles.